The molecule has 2 N–H and O–H groups in total. The molecular weight excluding hydrogens is 262 g/mol. The molecule has 0 aliphatic rings. The van der Waals surface area contributed by atoms with E-state index in [0.29, 0.717) is 0 Å². The fraction of sp³-hybridized carbons (Fsp3) is 0.0909. The van der Waals surface area contributed by atoms with E-state index in [2.05, 4.69) is 10.2 Å². The Kier molecular flexibility index (Phi) is 3.33. The number of halogens is 2. The van der Waals surface area contributed by atoms with E-state index < -0.39 is 17.6 Å². The van der Waals surface area contributed by atoms with Gasteiger partial charge >= 0.3 is 5.97 Å². The van der Waals surface area contributed by atoms with E-state index >= 15 is 0 Å². The fourth-order valence-corrected chi connectivity index (χ4v) is 1.93. The van der Waals surface area contributed by atoms with E-state index in [9.17, 15) is 13.6 Å². The lowest BCUT2D eigenvalue weighted by molar-refractivity contribution is 0.0690. The summed E-state index contributed by atoms with van der Waals surface area (Å²) < 4.78 is 27.3. The number of hydrogen-bond acceptors (Lipinski definition) is 3. The SMILES string of the molecule is CSc1cc(F)c(-c2cc(C(=O)O)[nH]n2)cc1F. The number of rotatable bonds is 3. The first-order valence-electron chi connectivity index (χ1n) is 4.85. The van der Waals surface area contributed by atoms with Crippen LogP contribution in [0.4, 0.5) is 8.78 Å². The fourth-order valence-electron chi connectivity index (χ4n) is 1.45. The Labute approximate surface area is 105 Å². The van der Waals surface area contributed by atoms with Crippen molar-refractivity contribution in [3.63, 3.8) is 0 Å². The average Bonchev–Trinajstić information content (AvgIpc) is 2.81. The lowest BCUT2D eigenvalue weighted by Gasteiger charge is -2.03. The summed E-state index contributed by atoms with van der Waals surface area (Å²) in [6.45, 7) is 0. The lowest BCUT2D eigenvalue weighted by atomic mass is 10.1. The summed E-state index contributed by atoms with van der Waals surface area (Å²) in [5.74, 6) is -2.43. The van der Waals surface area contributed by atoms with Gasteiger partial charge in [-0.05, 0) is 24.5 Å². The van der Waals surface area contributed by atoms with Crippen LogP contribution >= 0.6 is 11.8 Å². The Balaban J connectivity index is 2.50. The highest BCUT2D eigenvalue weighted by atomic mass is 32.2. The van der Waals surface area contributed by atoms with Crippen LogP contribution < -0.4 is 0 Å². The third-order valence-corrected chi connectivity index (χ3v) is 3.08. The molecule has 2 aromatic rings. The summed E-state index contributed by atoms with van der Waals surface area (Å²) in [6, 6.07) is 3.21. The van der Waals surface area contributed by atoms with Crippen molar-refractivity contribution >= 4 is 17.7 Å². The normalized spacial score (nSPS) is 10.6. The number of hydrogen-bond donors (Lipinski definition) is 2. The minimum absolute atomic E-state index is 0.0523. The van der Waals surface area contributed by atoms with Crippen molar-refractivity contribution in [1.29, 1.82) is 0 Å². The number of aromatic carboxylic acids is 1. The summed E-state index contributed by atoms with van der Waals surface area (Å²) >= 11 is 1.09. The van der Waals surface area contributed by atoms with Crippen molar-refractivity contribution in [2.75, 3.05) is 6.26 Å². The number of aromatic nitrogens is 2. The largest absolute Gasteiger partial charge is 0.477 e. The number of nitrogens with zero attached hydrogens (tertiary/aromatic N) is 1. The quantitative estimate of drug-likeness (QED) is 0.842. The minimum atomic E-state index is -1.21. The maximum atomic E-state index is 13.7. The molecule has 0 saturated carbocycles. The number of carboxylic acid groups (broad SMARTS) is 1. The molecule has 2 rings (SSSR count). The zero-order valence-corrected chi connectivity index (χ0v) is 10.0. The lowest BCUT2D eigenvalue weighted by Crippen LogP contribution is -1.95. The van der Waals surface area contributed by atoms with Gasteiger partial charge in [-0.1, -0.05) is 0 Å². The van der Waals surface area contributed by atoms with E-state index in [1.807, 2.05) is 0 Å². The first kappa shape index (κ1) is 12.6. The van der Waals surface area contributed by atoms with Crippen LogP contribution in [0.15, 0.2) is 23.1 Å². The van der Waals surface area contributed by atoms with Gasteiger partial charge in [0.1, 0.15) is 17.3 Å². The van der Waals surface area contributed by atoms with Crippen molar-refractivity contribution < 1.29 is 18.7 Å². The summed E-state index contributed by atoms with van der Waals surface area (Å²) in [4.78, 5) is 10.8. The van der Waals surface area contributed by atoms with Gasteiger partial charge in [0.2, 0.25) is 0 Å². The van der Waals surface area contributed by atoms with Crippen LogP contribution in [0.25, 0.3) is 11.3 Å². The first-order valence-corrected chi connectivity index (χ1v) is 6.07. The van der Waals surface area contributed by atoms with E-state index in [1.165, 1.54) is 0 Å². The van der Waals surface area contributed by atoms with Gasteiger partial charge in [-0.15, -0.1) is 11.8 Å². The number of H-pyrrole nitrogens is 1. The second kappa shape index (κ2) is 4.77. The van der Waals surface area contributed by atoms with Crippen LogP contribution in [0.2, 0.25) is 0 Å². The van der Waals surface area contributed by atoms with Gasteiger partial charge in [-0.25, -0.2) is 13.6 Å². The smallest absolute Gasteiger partial charge is 0.353 e. The van der Waals surface area contributed by atoms with E-state index in [4.69, 9.17) is 5.11 Å². The van der Waals surface area contributed by atoms with Crippen molar-refractivity contribution in [3.8, 4) is 11.3 Å². The summed E-state index contributed by atoms with van der Waals surface area (Å²) in [5.41, 5.74) is -0.204. The van der Waals surface area contributed by atoms with Gasteiger partial charge in [0.15, 0.2) is 0 Å². The highest BCUT2D eigenvalue weighted by Gasteiger charge is 2.15. The highest BCUT2D eigenvalue weighted by Crippen LogP contribution is 2.28. The number of aromatic amines is 1. The molecule has 0 spiro atoms. The van der Waals surface area contributed by atoms with Gasteiger partial charge < -0.3 is 5.11 Å². The molecule has 1 aromatic carbocycles. The average molecular weight is 270 g/mol. The molecule has 94 valence electrons. The summed E-state index contributed by atoms with van der Waals surface area (Å²) in [6.07, 6.45) is 1.63. The predicted octanol–water partition coefficient (Wildman–Crippen LogP) is 2.78. The van der Waals surface area contributed by atoms with E-state index in [1.54, 1.807) is 6.26 Å². The topological polar surface area (TPSA) is 66.0 Å². The number of nitrogens with one attached hydrogen (secondary N) is 1. The Morgan fingerprint density at radius 1 is 1.33 bits per heavy atom. The standard InChI is InChI=1S/C11H8F2N2O2S/c1-18-10-3-6(12)5(2-7(10)13)8-4-9(11(16)17)15-14-8/h2-4H,1H3,(H,14,15)(H,16,17). The number of benzene rings is 1. The van der Waals surface area contributed by atoms with Gasteiger partial charge in [0.05, 0.1) is 5.69 Å². The van der Waals surface area contributed by atoms with Crippen molar-refractivity contribution in [2.45, 2.75) is 4.90 Å². The Hall–Kier alpha value is -1.89. The molecule has 0 unspecified atom stereocenters. The molecule has 0 bridgehead atoms. The molecule has 1 heterocycles. The third-order valence-electron chi connectivity index (χ3n) is 2.33. The maximum absolute atomic E-state index is 13.7. The Morgan fingerprint density at radius 2 is 2.06 bits per heavy atom. The second-order valence-corrected chi connectivity index (χ2v) is 4.29. The molecular formula is C11H8F2N2O2S. The predicted molar refractivity (Wildman–Crippen MR) is 62.7 cm³/mol. The monoisotopic (exact) mass is 270 g/mol. The molecule has 0 aliphatic carbocycles. The third kappa shape index (κ3) is 2.21. The molecule has 1 aromatic heterocycles. The molecule has 0 amide bonds. The zero-order valence-electron chi connectivity index (χ0n) is 9.20. The summed E-state index contributed by atoms with van der Waals surface area (Å²) in [5, 5.41) is 14.6. The number of carbonyl (C=O) groups is 1. The van der Waals surface area contributed by atoms with Crippen LogP contribution in [0.1, 0.15) is 10.5 Å². The maximum Gasteiger partial charge on any atom is 0.353 e. The van der Waals surface area contributed by atoms with Crippen LogP contribution in [0, 0.1) is 11.6 Å². The second-order valence-electron chi connectivity index (χ2n) is 3.44. The molecule has 0 atom stereocenters. The van der Waals surface area contributed by atoms with Crippen molar-refractivity contribution in [3.05, 3.63) is 35.5 Å². The molecule has 4 nitrogen and oxygen atoms in total. The number of thioether (sulfide) groups is 1. The first-order chi connectivity index (χ1) is 8.52. The van der Waals surface area contributed by atoms with E-state index in [0.717, 1.165) is 30.0 Å². The molecule has 0 radical (unpaired) electrons. The Morgan fingerprint density at radius 3 is 2.61 bits per heavy atom. The highest BCUT2D eigenvalue weighted by molar-refractivity contribution is 7.98. The van der Waals surface area contributed by atoms with Crippen LogP contribution in [-0.2, 0) is 0 Å². The van der Waals surface area contributed by atoms with Gasteiger partial charge in [-0.2, -0.15) is 5.10 Å². The molecule has 18 heavy (non-hydrogen) atoms. The molecule has 7 heteroatoms. The van der Waals surface area contributed by atoms with Crippen LogP contribution in [-0.4, -0.2) is 27.5 Å². The van der Waals surface area contributed by atoms with Gasteiger partial charge in [0, 0.05) is 10.5 Å². The van der Waals surface area contributed by atoms with Gasteiger partial charge in [0.25, 0.3) is 0 Å². The summed E-state index contributed by atoms with van der Waals surface area (Å²) in [7, 11) is 0. The molecule has 0 saturated heterocycles. The van der Waals surface area contributed by atoms with Crippen LogP contribution in [0.5, 0.6) is 0 Å². The number of carboxylic acids is 1. The Bertz CT molecular complexity index is 613. The van der Waals surface area contributed by atoms with Gasteiger partial charge in [-0.3, -0.25) is 5.10 Å². The van der Waals surface area contributed by atoms with Crippen molar-refractivity contribution in [2.24, 2.45) is 0 Å². The van der Waals surface area contributed by atoms with Crippen molar-refractivity contribution in [1.82, 2.24) is 10.2 Å². The minimum Gasteiger partial charge on any atom is -0.477 e. The molecule has 0 aliphatic heterocycles. The van der Waals surface area contributed by atoms with E-state index in [-0.39, 0.29) is 21.8 Å². The van der Waals surface area contributed by atoms with Crippen LogP contribution in [0.3, 0.4) is 0 Å². The molecule has 0 fully saturated rings. The zero-order chi connectivity index (χ0) is 13.3.